The molecule has 15 heteroatoms. The number of benzene rings is 2. The summed E-state index contributed by atoms with van der Waals surface area (Å²) < 4.78 is 23.7. The average molecular weight is 643 g/mol. The Morgan fingerprint density at radius 2 is 1.95 bits per heavy atom. The number of carbonyl (C=O) groups is 1. The van der Waals surface area contributed by atoms with Crippen molar-refractivity contribution in [2.75, 3.05) is 11.1 Å². The number of pyridine rings is 1. The predicted octanol–water partition coefficient (Wildman–Crippen LogP) is 4.15. The van der Waals surface area contributed by atoms with Gasteiger partial charge in [-0.15, -0.1) is 24.8 Å². The van der Waals surface area contributed by atoms with E-state index in [-0.39, 0.29) is 54.5 Å². The van der Waals surface area contributed by atoms with E-state index in [1.54, 1.807) is 54.6 Å². The van der Waals surface area contributed by atoms with Crippen LogP contribution in [0.1, 0.15) is 36.8 Å². The Bertz CT molecular complexity index is 1910. The molecule has 5 N–H and O–H groups in total. The van der Waals surface area contributed by atoms with Crippen molar-refractivity contribution in [2.45, 2.75) is 38.3 Å². The van der Waals surface area contributed by atoms with Crippen LogP contribution in [-0.4, -0.2) is 41.3 Å². The number of aromatic nitrogens is 6. The predicted molar refractivity (Wildman–Crippen MR) is 169 cm³/mol. The molecular weight excluding hydrogens is 612 g/mol. The molecule has 1 atom stereocenters. The van der Waals surface area contributed by atoms with Crippen molar-refractivity contribution in [3.05, 3.63) is 82.3 Å². The Labute approximate surface area is 263 Å². The molecule has 230 valence electrons. The largest absolute Gasteiger partial charge is 0.460 e. The highest BCUT2D eigenvalue weighted by atomic mass is 35.5. The fourth-order valence-corrected chi connectivity index (χ4v) is 4.81. The number of aryl methyl sites for hydroxylation is 1. The van der Waals surface area contributed by atoms with Gasteiger partial charge in [0.1, 0.15) is 18.5 Å². The molecule has 2 aromatic carbocycles. The monoisotopic (exact) mass is 641 g/mol. The average Bonchev–Trinajstić information content (AvgIpc) is 3.73. The number of carbonyl (C=O) groups excluding carboxylic acids is 1. The molecule has 0 bridgehead atoms. The van der Waals surface area contributed by atoms with Gasteiger partial charge in [0.15, 0.2) is 5.82 Å². The molecule has 6 rings (SSSR count). The molecule has 3 heterocycles. The third-order valence-electron chi connectivity index (χ3n) is 7.02. The van der Waals surface area contributed by atoms with Crippen molar-refractivity contribution >= 4 is 59.1 Å². The van der Waals surface area contributed by atoms with Gasteiger partial charge in [-0.3, -0.25) is 18.8 Å². The molecule has 3 aromatic heterocycles. The van der Waals surface area contributed by atoms with Gasteiger partial charge in [-0.05, 0) is 54.8 Å². The van der Waals surface area contributed by atoms with Gasteiger partial charge in [0.2, 0.25) is 11.9 Å². The van der Waals surface area contributed by atoms with Gasteiger partial charge in [-0.25, -0.2) is 4.39 Å². The van der Waals surface area contributed by atoms with Crippen LogP contribution in [0.15, 0.2) is 59.8 Å². The number of nitrogens with zero attached hydrogens (tertiary/aromatic N) is 6. The highest BCUT2D eigenvalue weighted by Gasteiger charge is 2.26. The normalized spacial score (nSPS) is 13.1. The zero-order valence-electron chi connectivity index (χ0n) is 23.7. The van der Waals surface area contributed by atoms with E-state index >= 15 is 4.39 Å². The number of nitrogen functional groups attached to an aromatic ring is 1. The first-order valence-corrected chi connectivity index (χ1v) is 13.3. The van der Waals surface area contributed by atoms with Crippen LogP contribution < -0.4 is 22.3 Å². The third kappa shape index (κ3) is 6.49. The molecule has 44 heavy (non-hydrogen) atoms. The van der Waals surface area contributed by atoms with E-state index in [9.17, 15) is 9.59 Å². The quantitative estimate of drug-likeness (QED) is 0.209. The van der Waals surface area contributed by atoms with Gasteiger partial charge >= 0.3 is 5.97 Å². The molecule has 0 radical (unpaired) electrons. The number of anilines is 3. The lowest BCUT2D eigenvalue weighted by atomic mass is 10.0. The van der Waals surface area contributed by atoms with Crippen molar-refractivity contribution in [3.8, 4) is 17.1 Å². The molecule has 5 aromatic rings. The lowest BCUT2D eigenvalue weighted by Gasteiger charge is -2.18. The van der Waals surface area contributed by atoms with E-state index in [1.807, 2.05) is 6.07 Å². The molecule has 0 aliphatic heterocycles. The minimum atomic E-state index is -0.873. The van der Waals surface area contributed by atoms with E-state index in [4.69, 9.17) is 16.2 Å². The maximum atomic E-state index is 15.3. The van der Waals surface area contributed by atoms with E-state index in [0.29, 0.717) is 33.8 Å². The molecule has 0 spiro atoms. The molecule has 1 saturated carbocycles. The number of fused-ring (bicyclic) bond motifs is 1. The molecule has 0 unspecified atom stereocenters. The molecule has 0 amide bonds. The smallest absolute Gasteiger partial charge is 0.322 e. The van der Waals surface area contributed by atoms with Crippen molar-refractivity contribution in [1.29, 1.82) is 0 Å². The minimum absolute atomic E-state index is 0. The summed E-state index contributed by atoms with van der Waals surface area (Å²) in [5.74, 6) is -0.630. The van der Waals surface area contributed by atoms with Gasteiger partial charge in [-0.2, -0.15) is 20.1 Å². The number of ether oxygens (including phenoxy) is 1. The first-order chi connectivity index (χ1) is 20.2. The second-order valence-corrected chi connectivity index (χ2v) is 10.3. The Morgan fingerprint density at radius 1 is 1.18 bits per heavy atom. The number of hydrogen-bond donors (Lipinski definition) is 3. The van der Waals surface area contributed by atoms with Crippen molar-refractivity contribution < 1.29 is 13.9 Å². The maximum absolute atomic E-state index is 15.3. The van der Waals surface area contributed by atoms with Crippen LogP contribution in [0.2, 0.25) is 0 Å². The fraction of sp³-hybridized carbons (Fsp3) is 0.241. The molecule has 1 fully saturated rings. The highest BCUT2D eigenvalue weighted by molar-refractivity contribution is 5.86. The van der Waals surface area contributed by atoms with Crippen LogP contribution in [-0.2, 0) is 23.2 Å². The number of hydrogen-bond acceptors (Lipinski definition) is 10. The third-order valence-corrected chi connectivity index (χ3v) is 7.02. The Morgan fingerprint density at radius 3 is 2.64 bits per heavy atom. The number of nitrogens with one attached hydrogen (secondary N) is 1. The van der Waals surface area contributed by atoms with Crippen molar-refractivity contribution in [1.82, 2.24) is 29.3 Å². The lowest BCUT2D eigenvalue weighted by Crippen LogP contribution is -2.29. The van der Waals surface area contributed by atoms with Crippen LogP contribution in [0.25, 0.3) is 27.8 Å². The molecule has 1 aliphatic rings. The van der Waals surface area contributed by atoms with Crippen LogP contribution in [0.4, 0.5) is 22.0 Å². The first-order valence-electron chi connectivity index (χ1n) is 13.3. The fourth-order valence-electron chi connectivity index (χ4n) is 4.81. The number of esters is 1. The minimum Gasteiger partial charge on any atom is -0.460 e. The summed E-state index contributed by atoms with van der Waals surface area (Å²) in [6, 6.07) is 9.21. The van der Waals surface area contributed by atoms with Crippen molar-refractivity contribution in [2.24, 2.45) is 12.8 Å². The summed E-state index contributed by atoms with van der Waals surface area (Å²) in [5, 5.41) is 7.65. The standard InChI is InChI=1S/C29H28FN9O3.2ClH/c1-15(31)27(41)42-14-21-20(25-35-28(32)37-29(36-25)34-19-12-33-38(2)13-19)4-3-5-23(21)39-9-8-17-10-18(16-6-7-16)11-22(30)24(17)26(39)40;;/h3-5,8-13,15-16H,6-7,14,31H2,1-2H3,(H3,32,34,35,36,37);2*1H/t15-;;/m1../s1. The van der Waals surface area contributed by atoms with Crippen LogP contribution in [0.3, 0.4) is 0 Å². The highest BCUT2D eigenvalue weighted by Crippen LogP contribution is 2.41. The second kappa shape index (κ2) is 13.0. The maximum Gasteiger partial charge on any atom is 0.322 e. The Kier molecular flexibility index (Phi) is 9.52. The Balaban J connectivity index is 0.00000221. The van der Waals surface area contributed by atoms with Gasteiger partial charge in [0, 0.05) is 30.6 Å². The molecule has 0 saturated heterocycles. The van der Waals surface area contributed by atoms with Crippen LogP contribution in [0, 0.1) is 5.82 Å². The zero-order chi connectivity index (χ0) is 29.5. The second-order valence-electron chi connectivity index (χ2n) is 10.3. The van der Waals surface area contributed by atoms with Crippen LogP contribution >= 0.6 is 24.8 Å². The van der Waals surface area contributed by atoms with E-state index < -0.39 is 23.4 Å². The lowest BCUT2D eigenvalue weighted by molar-refractivity contribution is -0.146. The van der Waals surface area contributed by atoms with Gasteiger partial charge in [0.05, 0.1) is 23.0 Å². The summed E-state index contributed by atoms with van der Waals surface area (Å²) in [6.45, 7) is 1.24. The molecular formula is C29H30Cl2FN9O3. The molecule has 1 aliphatic carbocycles. The summed E-state index contributed by atoms with van der Waals surface area (Å²) in [7, 11) is 1.77. The van der Waals surface area contributed by atoms with E-state index in [2.05, 4.69) is 25.4 Å². The Hall–Kier alpha value is -4.59. The van der Waals surface area contributed by atoms with E-state index in [1.165, 1.54) is 17.6 Å². The van der Waals surface area contributed by atoms with E-state index in [0.717, 1.165) is 18.4 Å². The van der Waals surface area contributed by atoms with Crippen LogP contribution in [0.5, 0.6) is 0 Å². The topological polar surface area (TPSA) is 169 Å². The molecule has 12 nitrogen and oxygen atoms in total. The summed E-state index contributed by atoms with van der Waals surface area (Å²) in [4.78, 5) is 39.1. The van der Waals surface area contributed by atoms with Gasteiger partial charge < -0.3 is 21.5 Å². The first kappa shape index (κ1) is 32.3. The summed E-state index contributed by atoms with van der Waals surface area (Å²) in [6.07, 6.45) is 6.93. The SMILES string of the molecule is C[C@@H](N)C(=O)OCc1c(-c2nc(N)nc(Nc3cnn(C)c3)n2)cccc1-n1ccc2cc(C3CC3)cc(F)c2c1=O.Cl.Cl. The summed E-state index contributed by atoms with van der Waals surface area (Å²) >= 11 is 0. The number of halogens is 3. The van der Waals surface area contributed by atoms with Gasteiger partial charge in [-0.1, -0.05) is 18.2 Å². The zero-order valence-corrected chi connectivity index (χ0v) is 25.4. The van der Waals surface area contributed by atoms with Gasteiger partial charge in [0.25, 0.3) is 5.56 Å². The number of rotatable bonds is 8. The number of nitrogens with two attached hydrogens (primary N) is 2. The summed E-state index contributed by atoms with van der Waals surface area (Å²) in [5.41, 5.74) is 13.9. The van der Waals surface area contributed by atoms with Crippen molar-refractivity contribution in [3.63, 3.8) is 0 Å².